The Bertz CT molecular complexity index is 609. The number of aromatic amines is 1. The average molecular weight is 274 g/mol. The molecule has 0 aliphatic rings. The first-order valence-corrected chi connectivity index (χ1v) is 7.94. The first kappa shape index (κ1) is 14.9. The molecule has 3 nitrogen and oxygen atoms in total. The number of unbranched alkanes of at least 4 members (excludes halogenated alkanes) is 2. The van der Waals surface area contributed by atoms with Gasteiger partial charge in [0.15, 0.2) is 0 Å². The summed E-state index contributed by atoms with van der Waals surface area (Å²) in [5.41, 5.74) is 3.44. The van der Waals surface area contributed by atoms with Gasteiger partial charge in [-0.3, -0.25) is 4.57 Å². The molecule has 0 radical (unpaired) electrons. The molecule has 1 atom stereocenters. The Kier molecular flexibility index (Phi) is 5.05. The Morgan fingerprint density at radius 1 is 1.20 bits per heavy atom. The van der Waals surface area contributed by atoms with E-state index < -0.39 is 0 Å². The van der Waals surface area contributed by atoms with E-state index in [1.54, 1.807) is 0 Å². The van der Waals surface area contributed by atoms with Gasteiger partial charge in [-0.2, -0.15) is 0 Å². The molecule has 0 amide bonds. The monoisotopic (exact) mass is 274 g/mol. The van der Waals surface area contributed by atoms with Crippen LogP contribution in [0.25, 0.3) is 11.0 Å². The van der Waals surface area contributed by atoms with Crippen molar-refractivity contribution >= 4 is 11.0 Å². The topological polar surface area (TPSA) is 37.8 Å². The molecule has 1 unspecified atom stereocenters. The summed E-state index contributed by atoms with van der Waals surface area (Å²) in [5.74, 6) is 0.554. The van der Waals surface area contributed by atoms with Crippen molar-refractivity contribution in [2.75, 3.05) is 0 Å². The molecule has 110 valence electrons. The van der Waals surface area contributed by atoms with Crippen LogP contribution >= 0.6 is 0 Å². The first-order valence-electron chi connectivity index (χ1n) is 7.94. The van der Waals surface area contributed by atoms with Crippen LogP contribution in [0.3, 0.4) is 0 Å². The smallest absolute Gasteiger partial charge is 0.306 e. The van der Waals surface area contributed by atoms with E-state index in [-0.39, 0.29) is 5.69 Å². The van der Waals surface area contributed by atoms with Crippen molar-refractivity contribution in [1.82, 2.24) is 9.55 Å². The molecule has 3 heteroatoms. The molecule has 1 N–H and O–H groups in total. The number of benzene rings is 1. The third-order valence-electron chi connectivity index (χ3n) is 4.23. The molecule has 1 aromatic carbocycles. The van der Waals surface area contributed by atoms with Gasteiger partial charge in [-0.25, -0.2) is 4.79 Å². The molecule has 1 heterocycles. The van der Waals surface area contributed by atoms with Crippen molar-refractivity contribution < 1.29 is 0 Å². The first-order chi connectivity index (χ1) is 9.72. The van der Waals surface area contributed by atoms with Gasteiger partial charge in [0.05, 0.1) is 11.0 Å². The van der Waals surface area contributed by atoms with Gasteiger partial charge in [0, 0.05) is 6.54 Å². The second kappa shape index (κ2) is 6.78. The summed E-state index contributed by atoms with van der Waals surface area (Å²) in [6.45, 7) is 7.24. The normalized spacial score (nSPS) is 12.9. The van der Waals surface area contributed by atoms with Gasteiger partial charge in [0.1, 0.15) is 0 Å². The summed E-state index contributed by atoms with van der Waals surface area (Å²) >= 11 is 0. The lowest BCUT2D eigenvalue weighted by atomic mass is 9.90. The molecule has 0 aliphatic heterocycles. The van der Waals surface area contributed by atoms with Crippen LogP contribution in [0, 0.1) is 0 Å². The molecule has 0 bridgehead atoms. The summed E-state index contributed by atoms with van der Waals surface area (Å²) in [7, 11) is 0. The van der Waals surface area contributed by atoms with E-state index in [0.717, 1.165) is 24.0 Å². The summed E-state index contributed by atoms with van der Waals surface area (Å²) in [6.07, 6.45) is 6.16. The van der Waals surface area contributed by atoms with Gasteiger partial charge in [-0.15, -0.1) is 0 Å². The quantitative estimate of drug-likeness (QED) is 0.745. The highest BCUT2D eigenvalue weighted by Gasteiger charge is 2.16. The maximum Gasteiger partial charge on any atom is 0.326 e. The number of nitrogens with zero attached hydrogens (tertiary/aromatic N) is 1. The van der Waals surface area contributed by atoms with Crippen LogP contribution in [0.4, 0.5) is 0 Å². The van der Waals surface area contributed by atoms with Gasteiger partial charge < -0.3 is 4.98 Å². The van der Waals surface area contributed by atoms with Crippen molar-refractivity contribution in [3.63, 3.8) is 0 Å². The number of rotatable bonds is 7. The van der Waals surface area contributed by atoms with Gasteiger partial charge in [0.2, 0.25) is 0 Å². The van der Waals surface area contributed by atoms with Crippen LogP contribution in [0.1, 0.15) is 64.4 Å². The number of para-hydroxylation sites is 1. The predicted molar refractivity (Wildman–Crippen MR) is 85.4 cm³/mol. The van der Waals surface area contributed by atoms with E-state index in [0.29, 0.717) is 5.92 Å². The molecule has 2 aromatic rings. The Balaban J connectivity index is 2.43. The van der Waals surface area contributed by atoms with Crippen LogP contribution in [0.5, 0.6) is 0 Å². The highest BCUT2D eigenvalue weighted by Crippen LogP contribution is 2.30. The minimum Gasteiger partial charge on any atom is -0.306 e. The summed E-state index contributed by atoms with van der Waals surface area (Å²) in [4.78, 5) is 15.0. The molecule has 0 spiro atoms. The molecular weight excluding hydrogens is 248 g/mol. The van der Waals surface area contributed by atoms with E-state index in [9.17, 15) is 4.79 Å². The fourth-order valence-corrected chi connectivity index (χ4v) is 3.10. The largest absolute Gasteiger partial charge is 0.326 e. The minimum absolute atomic E-state index is 0.0124. The number of H-pyrrole nitrogens is 1. The van der Waals surface area contributed by atoms with E-state index in [1.165, 1.54) is 31.2 Å². The predicted octanol–water partition coefficient (Wildman–Crippen LogP) is 4.42. The van der Waals surface area contributed by atoms with Crippen molar-refractivity contribution in [3.05, 3.63) is 34.2 Å². The maximum atomic E-state index is 12.0. The molecule has 20 heavy (non-hydrogen) atoms. The highest BCUT2D eigenvalue weighted by molar-refractivity contribution is 5.79. The van der Waals surface area contributed by atoms with Crippen LogP contribution < -0.4 is 5.69 Å². The van der Waals surface area contributed by atoms with E-state index in [4.69, 9.17) is 0 Å². The number of imidazole rings is 1. The van der Waals surface area contributed by atoms with Crippen LogP contribution in [-0.4, -0.2) is 9.55 Å². The highest BCUT2D eigenvalue weighted by atomic mass is 16.1. The number of hydrogen-bond acceptors (Lipinski definition) is 1. The summed E-state index contributed by atoms with van der Waals surface area (Å²) in [5, 5.41) is 0. The number of hydrogen-bond donors (Lipinski definition) is 1. The minimum atomic E-state index is 0.0124. The molecule has 0 saturated heterocycles. The second-order valence-corrected chi connectivity index (χ2v) is 5.52. The SMILES string of the molecule is CCCCCC(CC)c1cccc2[nH]c(=O)n(CC)c12. The molecule has 0 saturated carbocycles. The zero-order chi connectivity index (χ0) is 14.5. The van der Waals surface area contributed by atoms with Gasteiger partial charge >= 0.3 is 5.69 Å². The molecule has 2 rings (SSSR count). The van der Waals surface area contributed by atoms with E-state index in [1.807, 2.05) is 17.6 Å². The molecule has 0 fully saturated rings. The lowest BCUT2D eigenvalue weighted by Gasteiger charge is -2.17. The Morgan fingerprint density at radius 2 is 2.00 bits per heavy atom. The molecule has 0 aliphatic carbocycles. The Hall–Kier alpha value is -1.51. The number of fused-ring (bicyclic) bond motifs is 1. The maximum absolute atomic E-state index is 12.0. The van der Waals surface area contributed by atoms with Crippen LogP contribution in [-0.2, 0) is 6.54 Å². The van der Waals surface area contributed by atoms with Gasteiger partial charge in [-0.1, -0.05) is 45.2 Å². The fourth-order valence-electron chi connectivity index (χ4n) is 3.10. The third-order valence-corrected chi connectivity index (χ3v) is 4.23. The molecule has 1 aromatic heterocycles. The number of aromatic nitrogens is 2. The van der Waals surface area contributed by atoms with Crippen molar-refractivity contribution in [2.45, 2.75) is 65.3 Å². The van der Waals surface area contributed by atoms with Crippen LogP contribution in [0.15, 0.2) is 23.0 Å². The average Bonchev–Trinajstić information content (AvgIpc) is 2.79. The van der Waals surface area contributed by atoms with E-state index in [2.05, 4.69) is 31.0 Å². The van der Waals surface area contributed by atoms with Crippen LogP contribution in [0.2, 0.25) is 0 Å². The lowest BCUT2D eigenvalue weighted by Crippen LogP contribution is -2.16. The standard InChI is InChI=1S/C17H26N2O/c1-4-7-8-10-13(5-2)14-11-9-12-15-16(14)19(6-3)17(20)18-15/h9,11-13H,4-8,10H2,1-3H3,(H,18,20). The van der Waals surface area contributed by atoms with Crippen molar-refractivity contribution in [1.29, 1.82) is 0 Å². The van der Waals surface area contributed by atoms with Crippen molar-refractivity contribution in [2.24, 2.45) is 0 Å². The van der Waals surface area contributed by atoms with Crippen molar-refractivity contribution in [3.8, 4) is 0 Å². The van der Waals surface area contributed by atoms with Gasteiger partial charge in [-0.05, 0) is 37.3 Å². The van der Waals surface area contributed by atoms with Gasteiger partial charge in [0.25, 0.3) is 0 Å². The summed E-state index contributed by atoms with van der Waals surface area (Å²) in [6, 6.07) is 6.27. The lowest BCUT2D eigenvalue weighted by molar-refractivity contribution is 0.554. The number of nitrogens with one attached hydrogen (secondary N) is 1. The zero-order valence-electron chi connectivity index (χ0n) is 12.9. The number of aryl methyl sites for hydroxylation is 1. The zero-order valence-corrected chi connectivity index (χ0v) is 12.9. The molecular formula is C17H26N2O. The Morgan fingerprint density at radius 3 is 2.65 bits per heavy atom. The Labute approximate surface area is 121 Å². The second-order valence-electron chi connectivity index (χ2n) is 5.52. The summed E-state index contributed by atoms with van der Waals surface area (Å²) < 4.78 is 1.87. The third kappa shape index (κ3) is 2.82. The van der Waals surface area contributed by atoms with E-state index >= 15 is 0 Å². The fraction of sp³-hybridized carbons (Fsp3) is 0.588.